The number of benzene rings is 3. The van der Waals surface area contributed by atoms with E-state index in [1.165, 1.54) is 24.3 Å². The van der Waals surface area contributed by atoms with Gasteiger partial charge in [-0.25, -0.2) is 4.79 Å². The summed E-state index contributed by atoms with van der Waals surface area (Å²) in [5.74, 6) is -1.34. The highest BCUT2D eigenvalue weighted by Gasteiger charge is 2.48. The van der Waals surface area contributed by atoms with Gasteiger partial charge in [-0.05, 0) is 23.8 Å². The van der Waals surface area contributed by atoms with E-state index in [0.717, 1.165) is 18.7 Å². The van der Waals surface area contributed by atoms with E-state index in [1.54, 1.807) is 0 Å². The number of halogens is 3. The largest absolute Gasteiger partial charge is 0.534 e. The van der Waals surface area contributed by atoms with E-state index in [9.17, 15) is 26.4 Å². The number of carbonyl (C=O) groups is 1. The molecule has 0 bridgehead atoms. The van der Waals surface area contributed by atoms with Gasteiger partial charge in [-0.3, -0.25) is 0 Å². The Labute approximate surface area is 169 Å². The van der Waals surface area contributed by atoms with E-state index in [2.05, 4.69) is 8.92 Å². The molecule has 0 saturated carbocycles. The topological polar surface area (TPSA) is 78.9 Å². The van der Waals surface area contributed by atoms with E-state index in [1.807, 2.05) is 30.3 Å². The molecule has 0 aliphatic heterocycles. The molecule has 3 rings (SSSR count). The van der Waals surface area contributed by atoms with Crippen LogP contribution in [0.5, 0.6) is 11.5 Å². The van der Waals surface area contributed by atoms with Crippen LogP contribution in [0.15, 0.2) is 60.7 Å². The first-order valence-electron chi connectivity index (χ1n) is 8.45. The number of carbonyl (C=O) groups excluding carboxylic acids is 1. The van der Waals surface area contributed by atoms with E-state index >= 15 is 0 Å². The molecule has 0 fully saturated rings. The lowest BCUT2D eigenvalue weighted by Gasteiger charge is -2.15. The molecule has 6 nitrogen and oxygen atoms in total. The SMILES string of the molecule is COC(=O)c1cc(OS(=O)(=O)C(F)(F)F)c2cccc(OCc3ccccc3)c2c1. The van der Waals surface area contributed by atoms with Gasteiger partial charge < -0.3 is 13.7 Å². The summed E-state index contributed by atoms with van der Waals surface area (Å²) in [7, 11) is -4.87. The summed E-state index contributed by atoms with van der Waals surface area (Å²) in [6.07, 6.45) is 0. The van der Waals surface area contributed by atoms with Gasteiger partial charge in [0.05, 0.1) is 12.7 Å². The van der Waals surface area contributed by atoms with Crippen molar-refractivity contribution in [2.75, 3.05) is 7.11 Å². The second kappa shape index (κ2) is 8.23. The Morgan fingerprint density at radius 1 is 0.933 bits per heavy atom. The van der Waals surface area contributed by atoms with Gasteiger partial charge in [-0.1, -0.05) is 42.5 Å². The fraction of sp³-hybridized carbons (Fsp3) is 0.150. The van der Waals surface area contributed by atoms with E-state index in [4.69, 9.17) is 4.74 Å². The van der Waals surface area contributed by atoms with Crippen molar-refractivity contribution in [3.8, 4) is 11.5 Å². The molecule has 30 heavy (non-hydrogen) atoms. The van der Waals surface area contributed by atoms with Crippen LogP contribution in [0.4, 0.5) is 13.2 Å². The highest BCUT2D eigenvalue weighted by atomic mass is 32.2. The fourth-order valence-corrected chi connectivity index (χ4v) is 3.12. The van der Waals surface area contributed by atoms with Crippen molar-refractivity contribution in [3.05, 3.63) is 71.8 Å². The van der Waals surface area contributed by atoms with Crippen molar-refractivity contribution in [2.24, 2.45) is 0 Å². The number of ether oxygens (including phenoxy) is 2. The molecule has 3 aromatic rings. The average molecular weight is 440 g/mol. The van der Waals surface area contributed by atoms with Crippen LogP contribution in [-0.4, -0.2) is 27.0 Å². The monoisotopic (exact) mass is 440 g/mol. The summed E-state index contributed by atoms with van der Waals surface area (Å²) in [4.78, 5) is 12.0. The maximum atomic E-state index is 12.8. The van der Waals surface area contributed by atoms with Gasteiger partial charge in [0.1, 0.15) is 12.4 Å². The van der Waals surface area contributed by atoms with E-state index in [0.29, 0.717) is 0 Å². The highest BCUT2D eigenvalue weighted by Crippen LogP contribution is 2.37. The van der Waals surface area contributed by atoms with Crippen molar-refractivity contribution < 1.29 is 40.0 Å². The molecular weight excluding hydrogens is 425 g/mol. The van der Waals surface area contributed by atoms with Crippen molar-refractivity contribution in [2.45, 2.75) is 12.1 Å². The van der Waals surface area contributed by atoms with Gasteiger partial charge in [0.15, 0.2) is 5.75 Å². The fourth-order valence-electron chi connectivity index (χ4n) is 2.66. The standard InChI is InChI=1S/C20H15F3O6S/c1-27-19(24)14-10-16-15(18(11-14)29-30(25,26)20(21,22)23)8-5-9-17(16)28-12-13-6-3-2-4-7-13/h2-11H,12H2,1H3. The van der Waals surface area contributed by atoms with Gasteiger partial charge in [0.2, 0.25) is 0 Å². The maximum Gasteiger partial charge on any atom is 0.534 e. The number of hydrogen-bond donors (Lipinski definition) is 0. The molecule has 0 unspecified atom stereocenters. The van der Waals surface area contributed by atoms with Gasteiger partial charge in [-0.15, -0.1) is 0 Å². The summed E-state index contributed by atoms with van der Waals surface area (Å²) in [6.45, 7) is 0.138. The van der Waals surface area contributed by atoms with Crippen LogP contribution >= 0.6 is 0 Å². The molecule has 0 atom stereocenters. The predicted octanol–water partition coefficient (Wildman–Crippen LogP) is 4.43. The van der Waals surface area contributed by atoms with Gasteiger partial charge >= 0.3 is 21.6 Å². The van der Waals surface area contributed by atoms with E-state index < -0.39 is 27.3 Å². The van der Waals surface area contributed by atoms with Crippen LogP contribution in [0, 0.1) is 0 Å². The summed E-state index contributed by atoms with van der Waals surface area (Å²) < 4.78 is 76.1. The molecule has 0 aliphatic carbocycles. The van der Waals surface area contributed by atoms with Crippen molar-refractivity contribution in [1.29, 1.82) is 0 Å². The van der Waals surface area contributed by atoms with Crippen LogP contribution < -0.4 is 8.92 Å². The molecule has 3 aromatic carbocycles. The summed E-state index contributed by atoms with van der Waals surface area (Å²) in [5, 5.41) is 0.199. The lowest BCUT2D eigenvalue weighted by molar-refractivity contribution is -0.0499. The van der Waals surface area contributed by atoms with Crippen molar-refractivity contribution in [1.82, 2.24) is 0 Å². The van der Waals surface area contributed by atoms with Crippen LogP contribution in [0.1, 0.15) is 15.9 Å². The first-order valence-corrected chi connectivity index (χ1v) is 9.86. The first-order chi connectivity index (χ1) is 14.1. The second-order valence-electron chi connectivity index (χ2n) is 6.07. The first kappa shape index (κ1) is 21.4. The maximum absolute atomic E-state index is 12.8. The molecular formula is C20H15F3O6S. The molecule has 0 radical (unpaired) electrons. The second-order valence-corrected chi connectivity index (χ2v) is 7.61. The Bertz CT molecular complexity index is 1170. The zero-order chi connectivity index (χ0) is 21.9. The molecule has 0 heterocycles. The number of hydrogen-bond acceptors (Lipinski definition) is 6. The molecule has 0 spiro atoms. The zero-order valence-corrected chi connectivity index (χ0v) is 16.3. The van der Waals surface area contributed by atoms with Crippen LogP contribution in [-0.2, 0) is 21.5 Å². The zero-order valence-electron chi connectivity index (χ0n) is 15.5. The van der Waals surface area contributed by atoms with Crippen molar-refractivity contribution >= 4 is 26.9 Å². The average Bonchev–Trinajstić information content (AvgIpc) is 2.71. The van der Waals surface area contributed by atoms with Crippen molar-refractivity contribution in [3.63, 3.8) is 0 Å². The lowest BCUT2D eigenvalue weighted by Crippen LogP contribution is -2.28. The number of fused-ring (bicyclic) bond motifs is 1. The Balaban J connectivity index is 2.10. The molecule has 0 aromatic heterocycles. The third-order valence-electron chi connectivity index (χ3n) is 4.06. The number of methoxy groups -OCH3 is 1. The summed E-state index contributed by atoms with van der Waals surface area (Å²) >= 11 is 0. The summed E-state index contributed by atoms with van der Waals surface area (Å²) in [6, 6.07) is 15.6. The van der Waals surface area contributed by atoms with E-state index in [-0.39, 0.29) is 28.7 Å². The van der Waals surface area contributed by atoms with Gasteiger partial charge in [0, 0.05) is 10.8 Å². The van der Waals surface area contributed by atoms with Crippen LogP contribution in [0.2, 0.25) is 0 Å². The van der Waals surface area contributed by atoms with Crippen LogP contribution in [0.25, 0.3) is 10.8 Å². The minimum atomic E-state index is -5.95. The smallest absolute Gasteiger partial charge is 0.488 e. The minimum Gasteiger partial charge on any atom is -0.488 e. The summed E-state index contributed by atoms with van der Waals surface area (Å²) in [5.41, 5.74) is -5.01. The van der Waals surface area contributed by atoms with Gasteiger partial charge in [-0.2, -0.15) is 21.6 Å². The molecule has 0 amide bonds. The van der Waals surface area contributed by atoms with Crippen LogP contribution in [0.3, 0.4) is 0 Å². The molecule has 10 heteroatoms. The van der Waals surface area contributed by atoms with Gasteiger partial charge in [0.25, 0.3) is 0 Å². The Kier molecular flexibility index (Phi) is 5.88. The highest BCUT2D eigenvalue weighted by molar-refractivity contribution is 7.88. The number of rotatable bonds is 6. The third kappa shape index (κ3) is 4.48. The Morgan fingerprint density at radius 2 is 1.63 bits per heavy atom. The third-order valence-corrected chi connectivity index (χ3v) is 5.03. The normalized spacial score (nSPS) is 11.9. The Morgan fingerprint density at radius 3 is 2.27 bits per heavy atom. The molecule has 0 saturated heterocycles. The quantitative estimate of drug-likeness (QED) is 0.321. The predicted molar refractivity (Wildman–Crippen MR) is 102 cm³/mol. The number of esters is 1. The molecule has 0 aliphatic rings. The molecule has 158 valence electrons. The lowest BCUT2D eigenvalue weighted by atomic mass is 10.0. The minimum absolute atomic E-state index is 0.0149. The Hall–Kier alpha value is -3.27. The molecule has 0 N–H and O–H groups in total. The number of alkyl halides is 3.